The highest BCUT2D eigenvalue weighted by molar-refractivity contribution is 5.93. The monoisotopic (exact) mass is 311 g/mol. The fraction of sp³-hybridized carbons (Fsp3) is 0.118. The second kappa shape index (κ2) is 8.33. The fourth-order valence-electron chi connectivity index (χ4n) is 1.77. The normalized spacial score (nSPS) is 10.4. The van der Waals surface area contributed by atoms with E-state index >= 15 is 0 Å². The number of para-hydroxylation sites is 1. The lowest BCUT2D eigenvalue weighted by Crippen LogP contribution is -2.20. The van der Waals surface area contributed by atoms with Crippen molar-refractivity contribution in [3.63, 3.8) is 0 Å². The summed E-state index contributed by atoms with van der Waals surface area (Å²) in [5.41, 5.74) is 3.79. The molecule has 0 unspecified atom stereocenters. The Morgan fingerprint density at radius 1 is 0.957 bits per heavy atom. The second-order valence-corrected chi connectivity index (χ2v) is 4.80. The first kappa shape index (κ1) is 16.2. The van der Waals surface area contributed by atoms with E-state index in [1.807, 2.05) is 18.2 Å². The second-order valence-electron chi connectivity index (χ2n) is 4.80. The Labute approximate surface area is 133 Å². The van der Waals surface area contributed by atoms with Gasteiger partial charge in [0, 0.05) is 18.5 Å². The van der Waals surface area contributed by atoms with Gasteiger partial charge in [-0.15, -0.1) is 0 Å². The molecule has 0 radical (unpaired) electrons. The smallest absolute Gasteiger partial charge is 0.240 e. The summed E-state index contributed by atoms with van der Waals surface area (Å²) >= 11 is 0. The zero-order chi connectivity index (χ0) is 16.5. The van der Waals surface area contributed by atoms with Gasteiger partial charge in [0.1, 0.15) is 5.75 Å². The molecule has 0 saturated carbocycles. The van der Waals surface area contributed by atoms with Gasteiger partial charge in [0.05, 0.1) is 6.21 Å². The molecule has 3 N–H and O–H groups in total. The molecule has 2 amide bonds. The summed E-state index contributed by atoms with van der Waals surface area (Å²) in [6.07, 6.45) is 1.59. The molecule has 0 fully saturated rings. The number of nitrogens with one attached hydrogen (secondary N) is 2. The van der Waals surface area contributed by atoms with E-state index in [1.165, 1.54) is 18.3 Å². The van der Waals surface area contributed by atoms with Crippen LogP contribution in [-0.4, -0.2) is 23.1 Å². The number of benzene rings is 2. The molecule has 0 heterocycles. The highest BCUT2D eigenvalue weighted by Gasteiger charge is 2.06. The van der Waals surface area contributed by atoms with Gasteiger partial charge < -0.3 is 10.4 Å². The number of aromatic hydroxyl groups is 1. The number of phenols is 1. The molecule has 118 valence electrons. The van der Waals surface area contributed by atoms with Gasteiger partial charge in [0.25, 0.3) is 0 Å². The number of nitrogens with zero attached hydrogens (tertiary/aromatic N) is 1. The third-order valence-electron chi connectivity index (χ3n) is 2.93. The van der Waals surface area contributed by atoms with E-state index in [9.17, 15) is 9.59 Å². The molecule has 0 aromatic heterocycles. The summed E-state index contributed by atoms with van der Waals surface area (Å²) in [4.78, 5) is 23.3. The molecule has 23 heavy (non-hydrogen) atoms. The summed E-state index contributed by atoms with van der Waals surface area (Å²) in [6.45, 7) is 0. The number of rotatable bonds is 6. The van der Waals surface area contributed by atoms with Crippen molar-refractivity contribution in [1.82, 2.24) is 5.43 Å². The third kappa shape index (κ3) is 6.01. The third-order valence-corrected chi connectivity index (χ3v) is 2.93. The predicted molar refractivity (Wildman–Crippen MR) is 88.1 cm³/mol. The van der Waals surface area contributed by atoms with Crippen molar-refractivity contribution in [3.8, 4) is 5.75 Å². The van der Waals surface area contributed by atoms with Crippen LogP contribution < -0.4 is 10.7 Å². The molecule has 6 nitrogen and oxygen atoms in total. The SMILES string of the molecule is O=C(CCC(=O)Nc1ccccc1)N/N=C\c1ccc(O)cc1. The molecule has 0 aliphatic carbocycles. The predicted octanol–water partition coefficient (Wildman–Crippen LogP) is 2.26. The van der Waals surface area contributed by atoms with Gasteiger partial charge in [-0.05, 0) is 42.0 Å². The minimum absolute atomic E-state index is 0.0472. The topological polar surface area (TPSA) is 90.8 Å². The summed E-state index contributed by atoms with van der Waals surface area (Å²) < 4.78 is 0. The molecular formula is C17H17N3O3. The van der Waals surface area contributed by atoms with Gasteiger partial charge >= 0.3 is 0 Å². The minimum Gasteiger partial charge on any atom is -0.508 e. The maximum Gasteiger partial charge on any atom is 0.240 e. The zero-order valence-corrected chi connectivity index (χ0v) is 12.4. The molecule has 0 saturated heterocycles. The first-order valence-electron chi connectivity index (χ1n) is 7.09. The van der Waals surface area contributed by atoms with E-state index in [-0.39, 0.29) is 30.4 Å². The molecule has 0 aliphatic heterocycles. The van der Waals surface area contributed by atoms with E-state index in [4.69, 9.17) is 5.11 Å². The zero-order valence-electron chi connectivity index (χ0n) is 12.4. The lowest BCUT2D eigenvalue weighted by molar-refractivity contribution is -0.124. The lowest BCUT2D eigenvalue weighted by Gasteiger charge is -2.04. The van der Waals surface area contributed by atoms with Gasteiger partial charge in [-0.3, -0.25) is 9.59 Å². The number of carbonyl (C=O) groups excluding carboxylic acids is 2. The first-order chi connectivity index (χ1) is 11.1. The molecule has 6 heteroatoms. The number of carbonyl (C=O) groups is 2. The van der Waals surface area contributed by atoms with Crippen LogP contribution in [0.25, 0.3) is 0 Å². The van der Waals surface area contributed by atoms with Crippen LogP contribution in [0.4, 0.5) is 5.69 Å². The van der Waals surface area contributed by atoms with Gasteiger partial charge in [0.15, 0.2) is 0 Å². The fourth-order valence-corrected chi connectivity index (χ4v) is 1.77. The molecule has 0 atom stereocenters. The molecule has 2 aromatic rings. The maximum absolute atomic E-state index is 11.7. The molecule has 2 rings (SSSR count). The van der Waals surface area contributed by atoms with Gasteiger partial charge in [-0.2, -0.15) is 5.10 Å². The molecule has 0 aliphatic rings. The van der Waals surface area contributed by atoms with Crippen molar-refractivity contribution >= 4 is 23.7 Å². The van der Waals surface area contributed by atoms with Crippen LogP contribution in [0.1, 0.15) is 18.4 Å². The van der Waals surface area contributed by atoms with E-state index in [0.717, 1.165) is 5.56 Å². The Morgan fingerprint density at radius 3 is 2.30 bits per heavy atom. The van der Waals surface area contributed by atoms with Crippen LogP contribution in [0.15, 0.2) is 59.7 Å². The average Bonchev–Trinajstić information content (AvgIpc) is 2.56. The number of amides is 2. The number of hydrogen-bond acceptors (Lipinski definition) is 4. The van der Waals surface area contributed by atoms with Crippen LogP contribution >= 0.6 is 0 Å². The number of anilines is 1. The Bertz CT molecular complexity index is 682. The van der Waals surface area contributed by atoms with Gasteiger partial charge in [-0.1, -0.05) is 18.2 Å². The van der Waals surface area contributed by atoms with Crippen molar-refractivity contribution < 1.29 is 14.7 Å². The van der Waals surface area contributed by atoms with Crippen molar-refractivity contribution in [2.24, 2.45) is 5.10 Å². The van der Waals surface area contributed by atoms with Crippen molar-refractivity contribution in [2.75, 3.05) is 5.32 Å². The molecular weight excluding hydrogens is 294 g/mol. The molecule has 2 aromatic carbocycles. The Balaban J connectivity index is 1.70. The van der Waals surface area contributed by atoms with E-state index in [2.05, 4.69) is 15.8 Å². The Hall–Kier alpha value is -3.15. The van der Waals surface area contributed by atoms with Crippen molar-refractivity contribution in [2.45, 2.75) is 12.8 Å². The summed E-state index contributed by atoms with van der Waals surface area (Å²) in [5, 5.41) is 15.6. The molecule has 0 bridgehead atoms. The van der Waals surface area contributed by atoms with Gasteiger partial charge in [-0.25, -0.2) is 5.43 Å². The average molecular weight is 311 g/mol. The first-order valence-corrected chi connectivity index (χ1v) is 7.09. The van der Waals surface area contributed by atoms with Gasteiger partial charge in [0.2, 0.25) is 11.8 Å². The summed E-state index contributed by atoms with van der Waals surface area (Å²) in [7, 11) is 0. The van der Waals surface area contributed by atoms with E-state index < -0.39 is 0 Å². The summed E-state index contributed by atoms with van der Waals surface area (Å²) in [5.74, 6) is -0.410. The number of hydrazone groups is 1. The Morgan fingerprint density at radius 2 is 1.61 bits per heavy atom. The van der Waals surface area contributed by atoms with E-state index in [0.29, 0.717) is 5.69 Å². The highest BCUT2D eigenvalue weighted by atomic mass is 16.3. The summed E-state index contributed by atoms with van der Waals surface area (Å²) in [6, 6.07) is 15.4. The van der Waals surface area contributed by atoms with Crippen LogP contribution in [0.2, 0.25) is 0 Å². The van der Waals surface area contributed by atoms with Crippen LogP contribution in [-0.2, 0) is 9.59 Å². The largest absolute Gasteiger partial charge is 0.508 e. The Kier molecular flexibility index (Phi) is 5.88. The quantitative estimate of drug-likeness (QED) is 0.564. The number of hydrogen-bond donors (Lipinski definition) is 3. The standard InChI is InChI=1S/C17H17N3O3/c21-15-8-6-13(7-9-15)12-18-20-17(23)11-10-16(22)19-14-4-2-1-3-5-14/h1-9,12,21H,10-11H2,(H,19,22)(H,20,23)/b18-12-. The van der Waals surface area contributed by atoms with Crippen LogP contribution in [0.3, 0.4) is 0 Å². The lowest BCUT2D eigenvalue weighted by atomic mass is 10.2. The number of phenolic OH excluding ortho intramolecular Hbond substituents is 1. The van der Waals surface area contributed by atoms with Crippen LogP contribution in [0.5, 0.6) is 5.75 Å². The van der Waals surface area contributed by atoms with Crippen molar-refractivity contribution in [3.05, 3.63) is 60.2 Å². The van der Waals surface area contributed by atoms with Crippen LogP contribution in [0, 0.1) is 0 Å². The molecule has 0 spiro atoms. The minimum atomic E-state index is -0.344. The van der Waals surface area contributed by atoms with Crippen molar-refractivity contribution in [1.29, 1.82) is 0 Å². The highest BCUT2D eigenvalue weighted by Crippen LogP contribution is 2.08. The maximum atomic E-state index is 11.7. The van der Waals surface area contributed by atoms with E-state index in [1.54, 1.807) is 24.3 Å².